The van der Waals surface area contributed by atoms with E-state index in [1.54, 1.807) is 4.90 Å². The number of carbonyl (C=O) groups is 1. The van der Waals surface area contributed by atoms with E-state index >= 15 is 0 Å². The third-order valence-corrected chi connectivity index (χ3v) is 3.28. The summed E-state index contributed by atoms with van der Waals surface area (Å²) in [6.45, 7) is 1.28. The number of rotatable bonds is 3. The van der Waals surface area contributed by atoms with E-state index < -0.39 is 6.10 Å². The number of aliphatic hydroxyl groups excluding tert-OH is 1. The molecule has 3 nitrogen and oxygen atoms in total. The Balaban J connectivity index is 2.41. The van der Waals surface area contributed by atoms with Crippen molar-refractivity contribution in [1.29, 1.82) is 0 Å². The van der Waals surface area contributed by atoms with Crippen LogP contribution in [0.3, 0.4) is 0 Å². The lowest BCUT2D eigenvalue weighted by molar-refractivity contribution is -0.133. The van der Waals surface area contributed by atoms with Crippen LogP contribution in [0.15, 0.2) is 0 Å². The Hall–Kier alpha value is -0.0900. The Morgan fingerprint density at radius 3 is 2.79 bits per heavy atom. The van der Waals surface area contributed by atoms with E-state index in [0.717, 1.165) is 19.4 Å². The fourth-order valence-electron chi connectivity index (χ4n) is 1.71. The molecule has 1 saturated heterocycles. The topological polar surface area (TPSA) is 40.5 Å². The molecule has 0 saturated carbocycles. The number of aliphatic hydroxyl groups is 1. The predicted molar refractivity (Wildman–Crippen MR) is 59.5 cm³/mol. The molecule has 1 atom stereocenters. The van der Waals surface area contributed by atoms with Gasteiger partial charge in [-0.1, -0.05) is 28.8 Å². The third-order valence-electron chi connectivity index (χ3n) is 2.53. The molecule has 1 N–H and O–H groups in total. The smallest absolute Gasteiger partial charge is 0.222 e. The van der Waals surface area contributed by atoms with Crippen molar-refractivity contribution < 1.29 is 9.90 Å². The maximum atomic E-state index is 11.6. The van der Waals surface area contributed by atoms with Gasteiger partial charge in [0, 0.05) is 24.8 Å². The van der Waals surface area contributed by atoms with Gasteiger partial charge in [0.25, 0.3) is 0 Å². The SMILES string of the molecule is O=C1CCCCCCN1CC(O)CBr. The summed E-state index contributed by atoms with van der Waals surface area (Å²) >= 11 is 3.21. The first kappa shape index (κ1) is 12.0. The largest absolute Gasteiger partial charge is 0.390 e. The van der Waals surface area contributed by atoms with Gasteiger partial charge < -0.3 is 10.0 Å². The van der Waals surface area contributed by atoms with Crippen molar-refractivity contribution in [3.63, 3.8) is 0 Å². The van der Waals surface area contributed by atoms with Crippen LogP contribution in [0.1, 0.15) is 32.1 Å². The molecular formula is C10H18BrNO2. The molecular weight excluding hydrogens is 246 g/mol. The molecule has 1 amide bonds. The fourth-order valence-corrected chi connectivity index (χ4v) is 1.92. The van der Waals surface area contributed by atoms with Crippen molar-refractivity contribution in [2.45, 2.75) is 38.2 Å². The molecule has 0 radical (unpaired) electrons. The second kappa shape index (κ2) is 6.40. The molecule has 0 aromatic heterocycles. The second-order valence-electron chi connectivity index (χ2n) is 3.81. The van der Waals surface area contributed by atoms with E-state index in [1.807, 2.05) is 0 Å². The number of β-amino-alcohol motifs (C(OH)–C–C–N with tert-alkyl or cyclic N) is 1. The van der Waals surface area contributed by atoms with E-state index in [9.17, 15) is 9.90 Å². The Morgan fingerprint density at radius 1 is 1.36 bits per heavy atom. The summed E-state index contributed by atoms with van der Waals surface area (Å²) in [7, 11) is 0. The number of nitrogens with zero attached hydrogens (tertiary/aromatic N) is 1. The number of likely N-dealkylation sites (tertiary alicyclic amines) is 1. The molecule has 82 valence electrons. The number of carbonyl (C=O) groups excluding carboxylic acids is 1. The number of alkyl halides is 1. The predicted octanol–water partition coefficient (Wildman–Crippen LogP) is 1.53. The van der Waals surface area contributed by atoms with Crippen LogP contribution in [0.5, 0.6) is 0 Å². The van der Waals surface area contributed by atoms with E-state index in [1.165, 1.54) is 12.8 Å². The zero-order chi connectivity index (χ0) is 10.4. The first-order valence-electron chi connectivity index (χ1n) is 5.26. The minimum Gasteiger partial charge on any atom is -0.390 e. The lowest BCUT2D eigenvalue weighted by Crippen LogP contribution is -2.39. The average Bonchev–Trinajstić information content (AvgIpc) is 2.17. The van der Waals surface area contributed by atoms with Crippen LogP contribution in [0.2, 0.25) is 0 Å². The van der Waals surface area contributed by atoms with E-state index in [4.69, 9.17) is 0 Å². The minimum atomic E-state index is -0.432. The summed E-state index contributed by atoms with van der Waals surface area (Å²) < 4.78 is 0. The normalized spacial score (nSPS) is 21.6. The summed E-state index contributed by atoms with van der Waals surface area (Å²) in [6.07, 6.45) is 4.66. The van der Waals surface area contributed by atoms with Gasteiger partial charge in [-0.25, -0.2) is 0 Å². The van der Waals surface area contributed by atoms with Gasteiger partial charge in [-0.2, -0.15) is 0 Å². The number of amides is 1. The van der Waals surface area contributed by atoms with Crippen LogP contribution in [0.25, 0.3) is 0 Å². The highest BCUT2D eigenvalue weighted by Crippen LogP contribution is 2.12. The molecule has 1 rings (SSSR count). The van der Waals surface area contributed by atoms with E-state index in [0.29, 0.717) is 18.3 Å². The lowest BCUT2D eigenvalue weighted by atomic mass is 10.1. The zero-order valence-corrected chi connectivity index (χ0v) is 10.0. The molecule has 0 spiro atoms. The van der Waals surface area contributed by atoms with Crippen molar-refractivity contribution in [3.8, 4) is 0 Å². The molecule has 0 bridgehead atoms. The molecule has 1 heterocycles. The van der Waals surface area contributed by atoms with Crippen molar-refractivity contribution in [2.75, 3.05) is 18.4 Å². The molecule has 1 unspecified atom stereocenters. The molecule has 0 aliphatic carbocycles. The Morgan fingerprint density at radius 2 is 2.07 bits per heavy atom. The van der Waals surface area contributed by atoms with Gasteiger partial charge in [0.05, 0.1) is 6.10 Å². The summed E-state index contributed by atoms with van der Waals surface area (Å²) in [5.74, 6) is 0.199. The molecule has 14 heavy (non-hydrogen) atoms. The van der Waals surface area contributed by atoms with Crippen molar-refractivity contribution in [3.05, 3.63) is 0 Å². The monoisotopic (exact) mass is 263 g/mol. The van der Waals surface area contributed by atoms with Gasteiger partial charge in [-0.15, -0.1) is 0 Å². The molecule has 1 aliphatic rings. The summed E-state index contributed by atoms with van der Waals surface area (Å²) in [5, 5.41) is 9.99. The Bertz CT molecular complexity index is 187. The number of hydrogen-bond donors (Lipinski definition) is 1. The summed E-state index contributed by atoms with van der Waals surface area (Å²) in [6, 6.07) is 0. The van der Waals surface area contributed by atoms with Gasteiger partial charge in [0.2, 0.25) is 5.91 Å². The highest BCUT2D eigenvalue weighted by atomic mass is 79.9. The highest BCUT2D eigenvalue weighted by Gasteiger charge is 2.17. The van der Waals surface area contributed by atoms with Crippen LogP contribution in [0.4, 0.5) is 0 Å². The van der Waals surface area contributed by atoms with Crippen molar-refractivity contribution in [1.82, 2.24) is 4.90 Å². The van der Waals surface area contributed by atoms with E-state index in [-0.39, 0.29) is 5.91 Å². The van der Waals surface area contributed by atoms with Gasteiger partial charge in [-0.3, -0.25) is 4.79 Å². The van der Waals surface area contributed by atoms with Gasteiger partial charge >= 0.3 is 0 Å². The number of halogens is 1. The molecule has 0 aromatic carbocycles. The Kier molecular flexibility index (Phi) is 5.48. The van der Waals surface area contributed by atoms with Crippen LogP contribution in [-0.4, -0.2) is 40.4 Å². The highest BCUT2D eigenvalue weighted by molar-refractivity contribution is 9.09. The minimum absolute atomic E-state index is 0.199. The van der Waals surface area contributed by atoms with E-state index in [2.05, 4.69) is 15.9 Å². The van der Waals surface area contributed by atoms with Crippen LogP contribution in [-0.2, 0) is 4.79 Å². The zero-order valence-electron chi connectivity index (χ0n) is 8.41. The second-order valence-corrected chi connectivity index (χ2v) is 4.46. The quantitative estimate of drug-likeness (QED) is 0.785. The van der Waals surface area contributed by atoms with Crippen molar-refractivity contribution >= 4 is 21.8 Å². The number of hydrogen-bond acceptors (Lipinski definition) is 2. The van der Waals surface area contributed by atoms with Gasteiger partial charge in [0.15, 0.2) is 0 Å². The third kappa shape index (κ3) is 3.96. The maximum Gasteiger partial charge on any atom is 0.222 e. The molecule has 4 heteroatoms. The van der Waals surface area contributed by atoms with Crippen LogP contribution in [0, 0.1) is 0 Å². The van der Waals surface area contributed by atoms with Crippen molar-refractivity contribution in [2.24, 2.45) is 0 Å². The Labute approximate surface area is 93.6 Å². The first-order valence-corrected chi connectivity index (χ1v) is 6.38. The average molecular weight is 264 g/mol. The first-order chi connectivity index (χ1) is 6.74. The molecule has 1 fully saturated rings. The fraction of sp³-hybridized carbons (Fsp3) is 0.900. The van der Waals surface area contributed by atoms with Gasteiger partial charge in [0.1, 0.15) is 0 Å². The van der Waals surface area contributed by atoms with Crippen LogP contribution >= 0.6 is 15.9 Å². The molecule has 0 aromatic rings. The van der Waals surface area contributed by atoms with Crippen LogP contribution < -0.4 is 0 Å². The summed E-state index contributed by atoms with van der Waals surface area (Å²) in [5.41, 5.74) is 0. The molecule has 1 aliphatic heterocycles. The standard InChI is InChI=1S/C10H18BrNO2/c11-7-9(13)8-12-6-4-2-1-3-5-10(12)14/h9,13H,1-8H2. The summed E-state index contributed by atoms with van der Waals surface area (Å²) in [4.78, 5) is 13.4. The van der Waals surface area contributed by atoms with Gasteiger partial charge in [-0.05, 0) is 12.8 Å². The maximum absolute atomic E-state index is 11.6. The lowest BCUT2D eigenvalue weighted by Gasteiger charge is -2.26.